The van der Waals surface area contributed by atoms with E-state index in [2.05, 4.69) is 217 Å². The van der Waals surface area contributed by atoms with Crippen LogP contribution >= 0.6 is 0 Å². The second kappa shape index (κ2) is 13.3. The van der Waals surface area contributed by atoms with Gasteiger partial charge in [-0.3, -0.25) is 0 Å². The summed E-state index contributed by atoms with van der Waals surface area (Å²) in [5.41, 5.74) is 13.1. The minimum absolute atomic E-state index is 1.11. The number of nitrogens with zero attached hydrogens (tertiary/aromatic N) is 1. The maximum atomic E-state index is 2.33. The van der Waals surface area contributed by atoms with Crippen molar-refractivity contribution < 1.29 is 0 Å². The highest BCUT2D eigenvalue weighted by molar-refractivity contribution is 6.04. The minimum atomic E-state index is 1.11. The third-order valence-corrected chi connectivity index (χ3v) is 9.89. The smallest absolute Gasteiger partial charge is 0.0462 e. The number of rotatable bonds is 7. The predicted molar refractivity (Wildman–Crippen MR) is 218 cm³/mol. The van der Waals surface area contributed by atoms with Crippen molar-refractivity contribution >= 4 is 38.6 Å². The van der Waals surface area contributed by atoms with Crippen LogP contribution in [0.15, 0.2) is 212 Å². The Hall–Kier alpha value is -6.70. The molecule has 0 aliphatic heterocycles. The molecule has 9 aromatic rings. The molecule has 1 nitrogen and oxygen atoms in total. The van der Waals surface area contributed by atoms with Crippen LogP contribution in [0.4, 0.5) is 17.1 Å². The van der Waals surface area contributed by atoms with Gasteiger partial charge in [-0.15, -0.1) is 0 Å². The molecule has 0 aromatic heterocycles. The van der Waals surface area contributed by atoms with Crippen molar-refractivity contribution in [2.75, 3.05) is 4.90 Å². The molecule has 0 fully saturated rings. The third kappa shape index (κ3) is 5.86. The zero-order chi connectivity index (χ0) is 34.0. The van der Waals surface area contributed by atoms with E-state index in [1.54, 1.807) is 0 Å². The number of fused-ring (bicyclic) bond motifs is 2. The molecular formula is C50H35N. The Morgan fingerprint density at radius 2 is 0.686 bits per heavy atom. The van der Waals surface area contributed by atoms with Gasteiger partial charge in [-0.2, -0.15) is 0 Å². The van der Waals surface area contributed by atoms with Crippen molar-refractivity contribution in [3.63, 3.8) is 0 Å². The molecule has 0 bridgehead atoms. The van der Waals surface area contributed by atoms with Gasteiger partial charge in [-0.25, -0.2) is 0 Å². The summed E-state index contributed by atoms with van der Waals surface area (Å²) in [6.07, 6.45) is 0. The molecule has 9 aromatic carbocycles. The quantitative estimate of drug-likeness (QED) is 0.166. The van der Waals surface area contributed by atoms with E-state index < -0.39 is 0 Å². The van der Waals surface area contributed by atoms with Crippen LogP contribution in [0.3, 0.4) is 0 Å². The van der Waals surface area contributed by atoms with E-state index in [9.17, 15) is 0 Å². The van der Waals surface area contributed by atoms with Crippen molar-refractivity contribution in [1.82, 2.24) is 0 Å². The van der Waals surface area contributed by atoms with Gasteiger partial charge in [0.05, 0.1) is 0 Å². The van der Waals surface area contributed by atoms with E-state index in [0.717, 1.165) is 17.1 Å². The average molecular weight is 650 g/mol. The SMILES string of the molecule is c1ccc(-c2ccc3ccccc3c2-c2ccc(N(c3ccccc3)c3ccc(-c4ccc(-c5cccc6ccccc56)cc4)cc3)cc2)cc1. The minimum Gasteiger partial charge on any atom is -0.311 e. The fourth-order valence-corrected chi connectivity index (χ4v) is 7.36. The fourth-order valence-electron chi connectivity index (χ4n) is 7.36. The van der Waals surface area contributed by atoms with Crippen LogP contribution in [-0.2, 0) is 0 Å². The maximum Gasteiger partial charge on any atom is 0.0462 e. The Bertz CT molecular complexity index is 2580. The highest BCUT2D eigenvalue weighted by atomic mass is 15.1. The molecule has 0 atom stereocenters. The molecular weight excluding hydrogens is 615 g/mol. The van der Waals surface area contributed by atoms with E-state index in [4.69, 9.17) is 0 Å². The lowest BCUT2D eigenvalue weighted by atomic mass is 9.89. The largest absolute Gasteiger partial charge is 0.311 e. The topological polar surface area (TPSA) is 3.24 Å². The van der Waals surface area contributed by atoms with Gasteiger partial charge < -0.3 is 4.90 Å². The molecule has 1 heteroatoms. The van der Waals surface area contributed by atoms with E-state index >= 15 is 0 Å². The van der Waals surface area contributed by atoms with Crippen molar-refractivity contribution in [2.45, 2.75) is 0 Å². The Balaban J connectivity index is 1.06. The number of anilines is 3. The van der Waals surface area contributed by atoms with E-state index in [-0.39, 0.29) is 0 Å². The van der Waals surface area contributed by atoms with Gasteiger partial charge in [-0.05, 0) is 102 Å². The lowest BCUT2D eigenvalue weighted by Crippen LogP contribution is -2.09. The second-order valence-corrected chi connectivity index (χ2v) is 12.9. The van der Waals surface area contributed by atoms with Crippen LogP contribution in [0.5, 0.6) is 0 Å². The first-order chi connectivity index (χ1) is 25.3. The van der Waals surface area contributed by atoms with Gasteiger partial charge in [0.15, 0.2) is 0 Å². The zero-order valence-electron chi connectivity index (χ0n) is 28.2. The number of benzene rings is 9. The first-order valence-electron chi connectivity index (χ1n) is 17.5. The number of para-hydroxylation sites is 1. The lowest BCUT2D eigenvalue weighted by Gasteiger charge is -2.26. The summed E-state index contributed by atoms with van der Waals surface area (Å²) in [4.78, 5) is 2.33. The van der Waals surface area contributed by atoms with Crippen LogP contribution in [0, 0.1) is 0 Å². The maximum absolute atomic E-state index is 2.33. The van der Waals surface area contributed by atoms with Gasteiger partial charge in [0, 0.05) is 17.1 Å². The Morgan fingerprint density at radius 1 is 0.235 bits per heavy atom. The highest BCUT2D eigenvalue weighted by Gasteiger charge is 2.16. The molecule has 0 spiro atoms. The molecule has 0 radical (unpaired) electrons. The van der Waals surface area contributed by atoms with Crippen LogP contribution in [0.2, 0.25) is 0 Å². The van der Waals surface area contributed by atoms with E-state index in [0.29, 0.717) is 0 Å². The predicted octanol–water partition coefficient (Wildman–Crippen LogP) is 14.1. The monoisotopic (exact) mass is 649 g/mol. The van der Waals surface area contributed by atoms with Gasteiger partial charge in [0.2, 0.25) is 0 Å². The summed E-state index contributed by atoms with van der Waals surface area (Å²) in [5, 5.41) is 5.04. The number of hydrogen-bond donors (Lipinski definition) is 0. The first kappa shape index (κ1) is 30.4. The summed E-state index contributed by atoms with van der Waals surface area (Å²) < 4.78 is 0. The summed E-state index contributed by atoms with van der Waals surface area (Å²) in [5.74, 6) is 0. The van der Waals surface area contributed by atoms with Gasteiger partial charge in [-0.1, -0.05) is 176 Å². The Labute approximate surface area is 299 Å². The molecule has 240 valence electrons. The summed E-state index contributed by atoms with van der Waals surface area (Å²) in [7, 11) is 0. The second-order valence-electron chi connectivity index (χ2n) is 12.9. The normalized spacial score (nSPS) is 11.1. The molecule has 0 saturated heterocycles. The van der Waals surface area contributed by atoms with Gasteiger partial charge in [0.1, 0.15) is 0 Å². The number of hydrogen-bond acceptors (Lipinski definition) is 1. The average Bonchev–Trinajstić information content (AvgIpc) is 3.22. The molecule has 0 amide bonds. The van der Waals surface area contributed by atoms with Crippen molar-refractivity contribution in [3.05, 3.63) is 212 Å². The van der Waals surface area contributed by atoms with Crippen LogP contribution in [0.1, 0.15) is 0 Å². The van der Waals surface area contributed by atoms with Crippen LogP contribution in [0.25, 0.3) is 66.1 Å². The summed E-state index contributed by atoms with van der Waals surface area (Å²) >= 11 is 0. The molecule has 0 heterocycles. The van der Waals surface area contributed by atoms with E-state index in [1.807, 2.05) is 0 Å². The first-order valence-corrected chi connectivity index (χ1v) is 17.5. The van der Waals surface area contributed by atoms with E-state index in [1.165, 1.54) is 66.1 Å². The molecule has 0 saturated carbocycles. The molecule has 0 unspecified atom stereocenters. The van der Waals surface area contributed by atoms with Crippen molar-refractivity contribution in [2.24, 2.45) is 0 Å². The third-order valence-electron chi connectivity index (χ3n) is 9.89. The van der Waals surface area contributed by atoms with Crippen molar-refractivity contribution in [3.8, 4) is 44.5 Å². The van der Waals surface area contributed by atoms with Gasteiger partial charge >= 0.3 is 0 Å². The summed E-state index contributed by atoms with van der Waals surface area (Å²) in [6.45, 7) is 0. The molecule has 0 aliphatic carbocycles. The Kier molecular flexibility index (Phi) is 7.92. The van der Waals surface area contributed by atoms with Crippen molar-refractivity contribution in [1.29, 1.82) is 0 Å². The van der Waals surface area contributed by atoms with Crippen LogP contribution < -0.4 is 4.90 Å². The molecule has 51 heavy (non-hydrogen) atoms. The standard InChI is InChI=1S/C50H35N/c1-3-12-39(13-4-1)49-35-30-40-15-8-10-20-48(40)50(49)42-28-33-45(34-29-42)51(43-17-5-2-6-18-43)44-31-26-37(27-32-44)36-22-24-41(25-23-36)47-21-11-16-38-14-7-9-19-46(38)47/h1-35H. The zero-order valence-corrected chi connectivity index (χ0v) is 28.2. The molecule has 0 N–H and O–H groups in total. The lowest BCUT2D eigenvalue weighted by molar-refractivity contribution is 1.28. The highest BCUT2D eigenvalue weighted by Crippen LogP contribution is 2.41. The summed E-state index contributed by atoms with van der Waals surface area (Å²) in [6, 6.07) is 76.5. The molecule has 9 rings (SSSR count). The fraction of sp³-hybridized carbons (Fsp3) is 0. The van der Waals surface area contributed by atoms with Crippen LogP contribution in [-0.4, -0.2) is 0 Å². The Morgan fingerprint density at radius 3 is 1.35 bits per heavy atom. The molecule has 0 aliphatic rings. The van der Waals surface area contributed by atoms with Gasteiger partial charge in [0.25, 0.3) is 0 Å².